The van der Waals surface area contributed by atoms with Crippen LogP contribution in [-0.4, -0.2) is 79.8 Å². The summed E-state index contributed by atoms with van der Waals surface area (Å²) < 4.78 is 23.3. The molecule has 3 N–H and O–H groups in total. The van der Waals surface area contributed by atoms with Crippen molar-refractivity contribution in [1.29, 1.82) is 0 Å². The minimum Gasteiger partial charge on any atom is -0.756 e. The summed E-state index contributed by atoms with van der Waals surface area (Å²) in [5.41, 5.74) is 0. The Kier molecular flexibility index (Phi) is 55.4. The molecule has 0 saturated carbocycles. The van der Waals surface area contributed by atoms with E-state index in [0.29, 0.717) is 23.9 Å². The average molecular weight is 1080 g/mol. The van der Waals surface area contributed by atoms with E-state index in [4.69, 9.17) is 9.05 Å². The van der Waals surface area contributed by atoms with Gasteiger partial charge >= 0.3 is 0 Å². The van der Waals surface area contributed by atoms with Crippen LogP contribution in [0.15, 0.2) is 24.3 Å². The van der Waals surface area contributed by atoms with Gasteiger partial charge in [0.2, 0.25) is 5.91 Å². The molecular weight excluding hydrogens is 952 g/mol. The zero-order valence-electron chi connectivity index (χ0n) is 50.6. The molecule has 0 heterocycles. The number of rotatable bonds is 61. The maximum atomic E-state index is 13.0. The highest BCUT2D eigenvalue weighted by Crippen LogP contribution is 2.38. The quantitative estimate of drug-likeness (QED) is 0.0239. The van der Waals surface area contributed by atoms with Crippen molar-refractivity contribution in [2.45, 2.75) is 347 Å². The van der Waals surface area contributed by atoms with Crippen molar-refractivity contribution in [2.24, 2.45) is 0 Å². The van der Waals surface area contributed by atoms with Crippen molar-refractivity contribution in [3.63, 3.8) is 0 Å². The Labute approximate surface area is 467 Å². The molecule has 446 valence electrons. The van der Waals surface area contributed by atoms with Gasteiger partial charge < -0.3 is 34.0 Å². The van der Waals surface area contributed by atoms with E-state index in [1.54, 1.807) is 0 Å². The molecule has 0 aromatic carbocycles. The normalized spacial score (nSPS) is 14.3. The number of aliphatic hydroxyl groups excluding tert-OH is 2. The number of quaternary nitrogens is 1. The van der Waals surface area contributed by atoms with Gasteiger partial charge in [0.05, 0.1) is 39.9 Å². The van der Waals surface area contributed by atoms with Gasteiger partial charge in [-0.1, -0.05) is 282 Å². The predicted molar refractivity (Wildman–Crippen MR) is 322 cm³/mol. The van der Waals surface area contributed by atoms with Gasteiger partial charge in [0, 0.05) is 6.42 Å². The van der Waals surface area contributed by atoms with Gasteiger partial charge in [-0.25, -0.2) is 0 Å². The smallest absolute Gasteiger partial charge is 0.268 e. The number of phosphoric ester groups is 1. The second-order valence-corrected chi connectivity index (χ2v) is 25.4. The number of phosphoric acid groups is 1. The molecule has 0 aliphatic rings. The van der Waals surface area contributed by atoms with Crippen molar-refractivity contribution in [2.75, 3.05) is 40.9 Å². The molecule has 0 aliphatic carbocycles. The number of carbonyl (C=O) groups is 1. The van der Waals surface area contributed by atoms with E-state index < -0.39 is 32.7 Å². The number of allylic oxidation sites excluding steroid dienone is 4. The Bertz CT molecular complexity index is 1290. The van der Waals surface area contributed by atoms with E-state index in [1.807, 2.05) is 21.1 Å². The summed E-state index contributed by atoms with van der Waals surface area (Å²) in [5.74, 6) is -0.282. The van der Waals surface area contributed by atoms with Crippen LogP contribution in [0.1, 0.15) is 328 Å². The average Bonchev–Trinajstić information content (AvgIpc) is 3.37. The molecule has 1 amide bonds. The molecule has 0 radical (unpaired) electrons. The topological polar surface area (TPSA) is 128 Å². The fourth-order valence-corrected chi connectivity index (χ4v) is 10.8. The highest BCUT2D eigenvalue weighted by Gasteiger charge is 2.29. The first-order valence-electron chi connectivity index (χ1n) is 32.8. The molecule has 75 heavy (non-hydrogen) atoms. The molecule has 4 unspecified atom stereocenters. The molecule has 0 rings (SSSR count). The molecule has 0 aromatic rings. The number of unbranched alkanes of at least 4 members (excludes halogenated alkanes) is 43. The minimum atomic E-state index is -4.68. The van der Waals surface area contributed by atoms with Gasteiger partial charge in [0.15, 0.2) is 0 Å². The third kappa shape index (κ3) is 57.4. The van der Waals surface area contributed by atoms with Crippen LogP contribution in [0.25, 0.3) is 0 Å². The Balaban J connectivity index is 3.90. The lowest BCUT2D eigenvalue weighted by atomic mass is 10.0. The first-order chi connectivity index (χ1) is 36.4. The fraction of sp³-hybridized carbons (Fsp3) is 0.923. The summed E-state index contributed by atoms with van der Waals surface area (Å²) >= 11 is 0. The third-order valence-corrected chi connectivity index (χ3v) is 16.2. The van der Waals surface area contributed by atoms with E-state index in [0.717, 1.165) is 32.1 Å². The van der Waals surface area contributed by atoms with Gasteiger partial charge in [0.1, 0.15) is 19.3 Å². The zero-order chi connectivity index (χ0) is 55.0. The lowest BCUT2D eigenvalue weighted by molar-refractivity contribution is -0.870. The number of hydrogen-bond acceptors (Lipinski definition) is 7. The summed E-state index contributed by atoms with van der Waals surface area (Å²) in [6.45, 7) is 4.44. The minimum absolute atomic E-state index is 0.0436. The maximum absolute atomic E-state index is 13.0. The molecule has 9 nitrogen and oxygen atoms in total. The second-order valence-electron chi connectivity index (χ2n) is 24.0. The maximum Gasteiger partial charge on any atom is 0.268 e. The lowest BCUT2D eigenvalue weighted by Crippen LogP contribution is -2.51. The molecule has 0 saturated heterocycles. The van der Waals surface area contributed by atoms with Crippen molar-refractivity contribution in [3.05, 3.63) is 24.3 Å². The summed E-state index contributed by atoms with van der Waals surface area (Å²) in [6.07, 6.45) is 68.7. The molecule has 0 aliphatic heterocycles. The van der Waals surface area contributed by atoms with Gasteiger partial charge in [0.25, 0.3) is 7.82 Å². The number of aliphatic hydroxyl groups is 2. The third-order valence-electron chi connectivity index (χ3n) is 15.3. The summed E-state index contributed by atoms with van der Waals surface area (Å²) in [6, 6.07) is -1.09. The van der Waals surface area contributed by atoms with Crippen molar-refractivity contribution < 1.29 is 38.0 Å². The first kappa shape index (κ1) is 73.9. The van der Waals surface area contributed by atoms with Crippen LogP contribution in [0.3, 0.4) is 0 Å². The van der Waals surface area contributed by atoms with E-state index >= 15 is 0 Å². The van der Waals surface area contributed by atoms with Crippen molar-refractivity contribution in [3.8, 4) is 0 Å². The van der Waals surface area contributed by atoms with Gasteiger partial charge in [-0.05, 0) is 64.2 Å². The fourth-order valence-electron chi connectivity index (χ4n) is 10.1. The van der Waals surface area contributed by atoms with Crippen molar-refractivity contribution in [1.82, 2.24) is 5.32 Å². The highest BCUT2D eigenvalue weighted by atomic mass is 31.2. The molecule has 0 aromatic heterocycles. The van der Waals surface area contributed by atoms with Gasteiger partial charge in [-0.3, -0.25) is 9.36 Å². The van der Waals surface area contributed by atoms with E-state index in [9.17, 15) is 24.5 Å². The Morgan fingerprint density at radius 2 is 0.760 bits per heavy atom. The van der Waals surface area contributed by atoms with Gasteiger partial charge in [-0.2, -0.15) is 0 Å². The zero-order valence-corrected chi connectivity index (χ0v) is 51.5. The number of amides is 1. The molecule has 4 atom stereocenters. The molecule has 0 spiro atoms. The molecule has 0 bridgehead atoms. The lowest BCUT2D eigenvalue weighted by Gasteiger charge is -2.31. The number of nitrogens with zero attached hydrogens (tertiary/aromatic N) is 1. The molecule has 10 heteroatoms. The largest absolute Gasteiger partial charge is 0.756 e. The molecular formula is C65H129N2O7P. The van der Waals surface area contributed by atoms with Crippen LogP contribution in [0.2, 0.25) is 0 Å². The second kappa shape index (κ2) is 56.2. The standard InChI is InChI=1S/C65H129N2O7P/c1-6-8-10-12-14-16-18-20-21-22-23-24-25-26-27-28-29-30-31-32-33-34-35-36-37-38-39-40-41-42-43-44-45-46-48-50-52-54-56-58-64(69)66-62(61-74-75(71,72)73-60-59-67(3,4)5)65(70)63(68)57-55-53-51-49-47-19-17-15-13-11-9-7-2/h22-23,49,51,62-63,65,68,70H,6-21,24-48,50,52-61H2,1-5H3,(H-,66,69,71,72)/b23-22-,51-49+. The van der Waals surface area contributed by atoms with Crippen LogP contribution < -0.4 is 10.2 Å². The Morgan fingerprint density at radius 3 is 1.08 bits per heavy atom. The van der Waals surface area contributed by atoms with Crippen LogP contribution in [0, 0.1) is 0 Å². The van der Waals surface area contributed by atoms with Crippen LogP contribution in [0.5, 0.6) is 0 Å². The number of carbonyl (C=O) groups excluding carboxylic acids is 1. The highest BCUT2D eigenvalue weighted by molar-refractivity contribution is 7.45. The van der Waals surface area contributed by atoms with E-state index in [1.165, 1.54) is 263 Å². The van der Waals surface area contributed by atoms with Crippen LogP contribution in [-0.2, 0) is 18.4 Å². The SMILES string of the molecule is CCCCCCCCC/C=C/CCCC(O)C(O)C(COP(=O)([O-])OCC[N+](C)(C)C)NC(=O)CCCCCCCCCCCCCCCCCCCCCCCCCCCCC/C=C\CCCCCCCCCC. The van der Waals surface area contributed by atoms with Crippen molar-refractivity contribution >= 4 is 13.7 Å². The Morgan fingerprint density at radius 1 is 0.467 bits per heavy atom. The summed E-state index contributed by atoms with van der Waals surface area (Å²) in [7, 11) is 1.12. The summed E-state index contributed by atoms with van der Waals surface area (Å²) in [5, 5.41) is 24.7. The van der Waals surface area contributed by atoms with Crippen LogP contribution >= 0.6 is 7.82 Å². The van der Waals surface area contributed by atoms with Crippen LogP contribution in [0.4, 0.5) is 0 Å². The van der Waals surface area contributed by atoms with E-state index in [-0.39, 0.29) is 18.9 Å². The monoisotopic (exact) mass is 1080 g/mol. The summed E-state index contributed by atoms with van der Waals surface area (Å²) in [4.78, 5) is 25.5. The Hall–Kier alpha value is -1.06. The number of hydrogen-bond donors (Lipinski definition) is 3. The predicted octanol–water partition coefficient (Wildman–Crippen LogP) is 18.7. The number of nitrogens with one attached hydrogen (secondary N) is 1. The van der Waals surface area contributed by atoms with E-state index in [2.05, 4.69) is 43.5 Å². The first-order valence-corrected chi connectivity index (χ1v) is 34.2. The van der Waals surface area contributed by atoms with Gasteiger partial charge in [-0.15, -0.1) is 0 Å². The number of likely N-dealkylation sites (N-methyl/N-ethyl adjacent to an activating group) is 1. The molecule has 0 fully saturated rings.